The fourth-order valence-corrected chi connectivity index (χ4v) is 0.851. The van der Waals surface area contributed by atoms with Gasteiger partial charge in [-0.15, -0.1) is 0 Å². The third-order valence-corrected chi connectivity index (χ3v) is 1.36. The van der Waals surface area contributed by atoms with E-state index in [0.29, 0.717) is 11.5 Å². The van der Waals surface area contributed by atoms with Crippen LogP contribution in [0.25, 0.3) is 0 Å². The normalized spacial score (nSPS) is 13.0. The highest BCUT2D eigenvalue weighted by atomic mass is 16.3. The molecule has 1 aromatic rings. The smallest absolute Gasteiger partial charge is 0.185 e. The molecule has 0 radical (unpaired) electrons. The highest BCUT2D eigenvalue weighted by Gasteiger charge is 2.02. The van der Waals surface area contributed by atoms with Gasteiger partial charge in [0.1, 0.15) is 11.5 Å². The Balaban J connectivity index is 3.19. The van der Waals surface area contributed by atoms with Gasteiger partial charge in [0, 0.05) is 12.1 Å². The highest BCUT2D eigenvalue weighted by molar-refractivity contribution is 5.07. The predicted molar refractivity (Wildman–Crippen MR) is 42.3 cm³/mol. The molecule has 11 heavy (non-hydrogen) atoms. The van der Waals surface area contributed by atoms with Crippen LogP contribution in [0.2, 0.25) is 0 Å². The van der Waals surface area contributed by atoms with Gasteiger partial charge in [0.2, 0.25) is 0 Å². The van der Waals surface area contributed by atoms with Gasteiger partial charge in [-0.3, -0.25) is 4.79 Å². The van der Waals surface area contributed by atoms with E-state index in [-0.39, 0.29) is 11.5 Å². The van der Waals surface area contributed by atoms with Crippen LogP contribution in [0.4, 0.5) is 0 Å². The van der Waals surface area contributed by atoms with Crippen molar-refractivity contribution in [2.24, 2.45) is 5.73 Å². The minimum absolute atomic E-state index is 0.0546. The van der Waals surface area contributed by atoms with E-state index in [9.17, 15) is 4.79 Å². The van der Waals surface area contributed by atoms with Crippen LogP contribution < -0.4 is 11.2 Å². The summed E-state index contributed by atoms with van der Waals surface area (Å²) < 4.78 is 5.19. The average Bonchev–Trinajstić information content (AvgIpc) is 1.85. The third kappa shape index (κ3) is 1.91. The number of hydrogen-bond acceptors (Lipinski definition) is 3. The minimum Gasteiger partial charge on any atom is -0.464 e. The van der Waals surface area contributed by atoms with Gasteiger partial charge in [-0.05, 0) is 13.8 Å². The molecule has 60 valence electrons. The highest BCUT2D eigenvalue weighted by Crippen LogP contribution is 2.07. The van der Waals surface area contributed by atoms with Crippen molar-refractivity contribution < 1.29 is 4.42 Å². The largest absolute Gasteiger partial charge is 0.464 e. The SMILES string of the molecule is Cc1cc(=O)cc(C(C)N)o1. The topological polar surface area (TPSA) is 56.2 Å². The van der Waals surface area contributed by atoms with Gasteiger partial charge in [-0.2, -0.15) is 0 Å². The van der Waals surface area contributed by atoms with E-state index in [2.05, 4.69) is 0 Å². The Morgan fingerprint density at radius 2 is 2.18 bits per heavy atom. The standard InChI is InChI=1S/C8H11NO2/c1-5-3-7(10)4-8(11-5)6(2)9/h3-4,6H,9H2,1-2H3. The van der Waals surface area contributed by atoms with E-state index < -0.39 is 0 Å². The van der Waals surface area contributed by atoms with Gasteiger partial charge in [0.15, 0.2) is 5.43 Å². The van der Waals surface area contributed by atoms with Crippen LogP contribution >= 0.6 is 0 Å². The number of aryl methyl sites for hydroxylation is 1. The molecule has 1 atom stereocenters. The summed E-state index contributed by atoms with van der Waals surface area (Å²) in [6.45, 7) is 3.50. The van der Waals surface area contributed by atoms with E-state index in [0.717, 1.165) is 0 Å². The second kappa shape index (κ2) is 2.88. The fraction of sp³-hybridized carbons (Fsp3) is 0.375. The Morgan fingerprint density at radius 3 is 2.64 bits per heavy atom. The summed E-state index contributed by atoms with van der Waals surface area (Å²) in [7, 11) is 0. The molecule has 0 aromatic carbocycles. The number of hydrogen-bond donors (Lipinski definition) is 1. The molecule has 1 heterocycles. The molecule has 0 fully saturated rings. The Morgan fingerprint density at radius 1 is 1.55 bits per heavy atom. The molecule has 3 nitrogen and oxygen atoms in total. The lowest BCUT2D eigenvalue weighted by atomic mass is 10.2. The quantitative estimate of drug-likeness (QED) is 0.654. The second-order valence-corrected chi connectivity index (χ2v) is 2.59. The molecule has 0 aliphatic carbocycles. The molecule has 0 bridgehead atoms. The summed E-state index contributed by atoms with van der Waals surface area (Å²) in [5.74, 6) is 1.14. The van der Waals surface area contributed by atoms with E-state index in [1.54, 1.807) is 13.8 Å². The van der Waals surface area contributed by atoms with Crippen LogP contribution in [0.3, 0.4) is 0 Å². The zero-order valence-corrected chi connectivity index (χ0v) is 6.63. The Kier molecular flexibility index (Phi) is 2.10. The number of nitrogens with two attached hydrogens (primary N) is 1. The first kappa shape index (κ1) is 8.01. The molecule has 0 saturated carbocycles. The van der Waals surface area contributed by atoms with Crippen LogP contribution in [0.15, 0.2) is 21.3 Å². The fourth-order valence-electron chi connectivity index (χ4n) is 0.851. The third-order valence-electron chi connectivity index (χ3n) is 1.36. The van der Waals surface area contributed by atoms with Crippen molar-refractivity contribution in [2.75, 3.05) is 0 Å². The molecule has 2 N–H and O–H groups in total. The first-order valence-corrected chi connectivity index (χ1v) is 3.47. The summed E-state index contributed by atoms with van der Waals surface area (Å²) in [5.41, 5.74) is 5.46. The van der Waals surface area contributed by atoms with E-state index in [1.165, 1.54) is 12.1 Å². The summed E-state index contributed by atoms with van der Waals surface area (Å²) in [6, 6.07) is 2.63. The van der Waals surface area contributed by atoms with Crippen molar-refractivity contribution in [1.29, 1.82) is 0 Å². The minimum atomic E-state index is -0.220. The molecular weight excluding hydrogens is 142 g/mol. The maximum Gasteiger partial charge on any atom is 0.185 e. The molecule has 0 spiro atoms. The van der Waals surface area contributed by atoms with Crippen molar-refractivity contribution in [1.82, 2.24) is 0 Å². The van der Waals surface area contributed by atoms with Crippen LogP contribution in [-0.4, -0.2) is 0 Å². The molecule has 0 aliphatic rings. The maximum atomic E-state index is 10.9. The zero-order valence-electron chi connectivity index (χ0n) is 6.63. The monoisotopic (exact) mass is 153 g/mol. The Hall–Kier alpha value is -1.09. The lowest BCUT2D eigenvalue weighted by Gasteiger charge is -2.03. The molecule has 1 unspecified atom stereocenters. The summed E-state index contributed by atoms with van der Waals surface area (Å²) in [6.07, 6.45) is 0. The Labute approximate surface area is 64.8 Å². The van der Waals surface area contributed by atoms with Crippen molar-refractivity contribution in [3.63, 3.8) is 0 Å². The molecule has 3 heteroatoms. The summed E-state index contributed by atoms with van der Waals surface area (Å²) in [4.78, 5) is 10.9. The lowest BCUT2D eigenvalue weighted by Crippen LogP contribution is -2.09. The van der Waals surface area contributed by atoms with E-state index >= 15 is 0 Å². The van der Waals surface area contributed by atoms with Crippen molar-refractivity contribution in [3.05, 3.63) is 33.9 Å². The van der Waals surface area contributed by atoms with E-state index in [4.69, 9.17) is 10.2 Å². The second-order valence-electron chi connectivity index (χ2n) is 2.59. The molecule has 0 aliphatic heterocycles. The van der Waals surface area contributed by atoms with Crippen LogP contribution in [-0.2, 0) is 0 Å². The van der Waals surface area contributed by atoms with Gasteiger partial charge < -0.3 is 10.2 Å². The first-order chi connectivity index (χ1) is 5.09. The van der Waals surface area contributed by atoms with Gasteiger partial charge >= 0.3 is 0 Å². The van der Waals surface area contributed by atoms with Gasteiger partial charge in [0.05, 0.1) is 6.04 Å². The first-order valence-electron chi connectivity index (χ1n) is 3.47. The maximum absolute atomic E-state index is 10.9. The molecular formula is C8H11NO2. The van der Waals surface area contributed by atoms with Crippen molar-refractivity contribution >= 4 is 0 Å². The van der Waals surface area contributed by atoms with Gasteiger partial charge in [-0.1, -0.05) is 0 Å². The Bertz CT molecular complexity index is 301. The van der Waals surface area contributed by atoms with Crippen LogP contribution in [0.1, 0.15) is 24.5 Å². The number of rotatable bonds is 1. The van der Waals surface area contributed by atoms with Crippen LogP contribution in [0, 0.1) is 6.92 Å². The molecule has 1 aromatic heterocycles. The lowest BCUT2D eigenvalue weighted by molar-refractivity contribution is 0.438. The molecule has 0 saturated heterocycles. The zero-order chi connectivity index (χ0) is 8.43. The average molecular weight is 153 g/mol. The molecule has 0 amide bonds. The van der Waals surface area contributed by atoms with Gasteiger partial charge in [-0.25, -0.2) is 0 Å². The molecule has 1 rings (SSSR count). The summed E-state index contributed by atoms with van der Waals surface area (Å²) in [5, 5.41) is 0. The van der Waals surface area contributed by atoms with Crippen molar-refractivity contribution in [3.8, 4) is 0 Å². The predicted octanol–water partition coefficient (Wildman–Crippen LogP) is 0.968. The van der Waals surface area contributed by atoms with Crippen molar-refractivity contribution in [2.45, 2.75) is 19.9 Å². The van der Waals surface area contributed by atoms with E-state index in [1.807, 2.05) is 0 Å². The summed E-state index contributed by atoms with van der Waals surface area (Å²) >= 11 is 0. The van der Waals surface area contributed by atoms with Crippen LogP contribution in [0.5, 0.6) is 0 Å². The van der Waals surface area contributed by atoms with Gasteiger partial charge in [0.25, 0.3) is 0 Å².